The van der Waals surface area contributed by atoms with E-state index in [2.05, 4.69) is 19.7 Å². The Bertz CT molecular complexity index is 723. The van der Waals surface area contributed by atoms with Crippen LogP contribution in [0.4, 0.5) is 10.1 Å². The summed E-state index contributed by atoms with van der Waals surface area (Å²) < 4.78 is 18.3. The number of hydrogen-bond acceptors (Lipinski definition) is 4. The Morgan fingerprint density at radius 1 is 1.53 bits per heavy atom. The molecule has 0 aliphatic rings. The predicted octanol–water partition coefficient (Wildman–Crippen LogP) is 3.41. The van der Waals surface area contributed by atoms with E-state index in [0.717, 1.165) is 6.20 Å². The number of fused-ring (bicyclic) bond motifs is 1. The molecule has 0 fully saturated rings. The lowest BCUT2D eigenvalue weighted by Gasteiger charge is -2.08. The number of nitrogens with zero attached hydrogens (tertiary/aromatic N) is 4. The second-order valence-corrected chi connectivity index (χ2v) is 3.84. The maximum Gasteiger partial charge on any atom is 0.339 e. The summed E-state index contributed by atoms with van der Waals surface area (Å²) in [5, 5.41) is 3.74. The van der Waals surface area contributed by atoms with Gasteiger partial charge in [0.05, 0.1) is 18.4 Å². The molecule has 0 spiro atoms. The molecule has 1 aromatic carbocycles. The number of rotatable bonds is 2. The van der Waals surface area contributed by atoms with Crippen LogP contribution >= 0.6 is 0 Å². The average Bonchev–Trinajstić information content (AvgIpc) is 2.38. The van der Waals surface area contributed by atoms with Crippen LogP contribution in [0.5, 0.6) is 0 Å². The molecule has 19 heavy (non-hydrogen) atoms. The van der Waals surface area contributed by atoms with E-state index in [1.807, 2.05) is 0 Å². The summed E-state index contributed by atoms with van der Waals surface area (Å²) in [6.07, 6.45) is 1.14. The molecule has 2 aromatic rings. The van der Waals surface area contributed by atoms with Crippen molar-refractivity contribution in [3.05, 3.63) is 45.7 Å². The van der Waals surface area contributed by atoms with Crippen LogP contribution in [-0.4, -0.2) is 18.1 Å². The first-order chi connectivity index (χ1) is 9.08. The van der Waals surface area contributed by atoms with Gasteiger partial charge in [-0.05, 0) is 30.2 Å². The van der Waals surface area contributed by atoms with Gasteiger partial charge >= 0.3 is 5.97 Å². The van der Waals surface area contributed by atoms with E-state index < -0.39 is 11.8 Å². The molecule has 6 nitrogen and oxygen atoms in total. The van der Waals surface area contributed by atoms with Gasteiger partial charge in [0.15, 0.2) is 0 Å². The van der Waals surface area contributed by atoms with Crippen molar-refractivity contribution >= 4 is 22.6 Å². The van der Waals surface area contributed by atoms with E-state index in [1.54, 1.807) is 13.0 Å². The fraction of sp³-hybridized carbons (Fsp3) is 0.167. The van der Waals surface area contributed by atoms with E-state index in [4.69, 9.17) is 5.53 Å². The van der Waals surface area contributed by atoms with Gasteiger partial charge in [0.25, 0.3) is 0 Å². The molecule has 0 aliphatic carbocycles. The van der Waals surface area contributed by atoms with Crippen molar-refractivity contribution in [1.82, 2.24) is 4.98 Å². The maximum absolute atomic E-state index is 13.8. The van der Waals surface area contributed by atoms with Crippen LogP contribution in [0.1, 0.15) is 15.9 Å². The number of benzene rings is 1. The SMILES string of the molecule is COC(=O)c1cnc2c(F)cc(C)cc2c1N=[N+]=[N-]. The normalized spacial score (nSPS) is 10.1. The van der Waals surface area contributed by atoms with Gasteiger partial charge in [-0.2, -0.15) is 0 Å². The number of pyridine rings is 1. The number of ether oxygens (including phenoxy) is 1. The molecule has 1 heterocycles. The molecular weight excluding hydrogens is 251 g/mol. The van der Waals surface area contributed by atoms with E-state index in [-0.39, 0.29) is 22.2 Å². The first-order valence-corrected chi connectivity index (χ1v) is 5.30. The lowest BCUT2D eigenvalue weighted by atomic mass is 10.1. The highest BCUT2D eigenvalue weighted by molar-refractivity contribution is 6.03. The number of halogens is 1. The Balaban J connectivity index is 2.91. The number of hydrogen-bond donors (Lipinski definition) is 0. The van der Waals surface area contributed by atoms with Crippen LogP contribution in [0.25, 0.3) is 21.3 Å². The standard InChI is InChI=1S/C12H9FN4O2/c1-6-3-7-10(16-17-14)8(12(18)19-2)5-15-11(7)9(13)4-6/h3-5H,1-2H3. The Hall–Kier alpha value is -2.66. The molecule has 0 unspecified atom stereocenters. The van der Waals surface area contributed by atoms with Crippen LogP contribution in [-0.2, 0) is 4.74 Å². The molecule has 0 aliphatic heterocycles. The highest BCUT2D eigenvalue weighted by Crippen LogP contribution is 2.31. The third-order valence-corrected chi connectivity index (χ3v) is 2.59. The van der Waals surface area contributed by atoms with Crippen LogP contribution < -0.4 is 0 Å². The summed E-state index contributed by atoms with van der Waals surface area (Å²) in [5.41, 5.74) is 9.27. The monoisotopic (exact) mass is 260 g/mol. The van der Waals surface area contributed by atoms with Crippen molar-refractivity contribution in [2.45, 2.75) is 6.92 Å². The fourth-order valence-corrected chi connectivity index (χ4v) is 1.79. The van der Waals surface area contributed by atoms with E-state index >= 15 is 0 Å². The quantitative estimate of drug-likeness (QED) is 0.358. The summed E-state index contributed by atoms with van der Waals surface area (Å²) in [7, 11) is 1.20. The molecule has 2 rings (SSSR count). The molecule has 0 amide bonds. The highest BCUT2D eigenvalue weighted by atomic mass is 19.1. The minimum atomic E-state index is -0.696. The smallest absolute Gasteiger partial charge is 0.339 e. The summed E-state index contributed by atoms with van der Waals surface area (Å²) in [6.45, 7) is 1.69. The molecular formula is C12H9FN4O2. The Labute approximate surface area is 107 Å². The Morgan fingerprint density at radius 3 is 2.89 bits per heavy atom. The Kier molecular flexibility index (Phi) is 3.31. The molecule has 0 N–H and O–H groups in total. The summed E-state index contributed by atoms with van der Waals surface area (Å²) in [4.78, 5) is 18.1. The average molecular weight is 260 g/mol. The number of aromatic nitrogens is 1. The number of azide groups is 1. The highest BCUT2D eigenvalue weighted by Gasteiger charge is 2.17. The van der Waals surface area contributed by atoms with Crippen LogP contribution in [0.2, 0.25) is 0 Å². The number of methoxy groups -OCH3 is 1. The minimum Gasteiger partial charge on any atom is -0.465 e. The predicted molar refractivity (Wildman–Crippen MR) is 66.6 cm³/mol. The van der Waals surface area contributed by atoms with Crippen molar-refractivity contribution in [2.75, 3.05) is 7.11 Å². The van der Waals surface area contributed by atoms with Crippen molar-refractivity contribution in [2.24, 2.45) is 5.11 Å². The van der Waals surface area contributed by atoms with Crippen molar-refractivity contribution < 1.29 is 13.9 Å². The Morgan fingerprint density at radius 2 is 2.26 bits per heavy atom. The fourth-order valence-electron chi connectivity index (χ4n) is 1.79. The third-order valence-electron chi connectivity index (χ3n) is 2.59. The van der Waals surface area contributed by atoms with Gasteiger partial charge in [0, 0.05) is 16.5 Å². The zero-order chi connectivity index (χ0) is 14.0. The second-order valence-electron chi connectivity index (χ2n) is 3.84. The minimum absolute atomic E-state index is 0.00204. The van der Waals surface area contributed by atoms with Gasteiger partial charge in [0.1, 0.15) is 11.3 Å². The lowest BCUT2D eigenvalue weighted by Crippen LogP contribution is -2.03. The molecule has 0 saturated carbocycles. The second kappa shape index (κ2) is 4.91. The van der Waals surface area contributed by atoms with Crippen LogP contribution in [0.3, 0.4) is 0 Å². The van der Waals surface area contributed by atoms with Crippen LogP contribution in [0.15, 0.2) is 23.4 Å². The summed E-state index contributed by atoms with van der Waals surface area (Å²) in [5.74, 6) is -1.24. The lowest BCUT2D eigenvalue weighted by molar-refractivity contribution is 0.0601. The van der Waals surface area contributed by atoms with Crippen molar-refractivity contribution in [3.63, 3.8) is 0 Å². The summed E-state index contributed by atoms with van der Waals surface area (Å²) >= 11 is 0. The molecule has 0 radical (unpaired) electrons. The largest absolute Gasteiger partial charge is 0.465 e. The van der Waals surface area contributed by atoms with Gasteiger partial charge in [-0.1, -0.05) is 5.11 Å². The topological polar surface area (TPSA) is 88.0 Å². The van der Waals surface area contributed by atoms with E-state index in [9.17, 15) is 9.18 Å². The molecule has 0 saturated heterocycles. The summed E-state index contributed by atoms with van der Waals surface area (Å²) in [6, 6.07) is 2.91. The van der Waals surface area contributed by atoms with Gasteiger partial charge in [-0.3, -0.25) is 4.98 Å². The van der Waals surface area contributed by atoms with E-state index in [0.29, 0.717) is 5.56 Å². The zero-order valence-electron chi connectivity index (χ0n) is 10.2. The van der Waals surface area contributed by atoms with Crippen molar-refractivity contribution in [3.8, 4) is 0 Å². The molecule has 7 heteroatoms. The van der Waals surface area contributed by atoms with Gasteiger partial charge in [-0.25, -0.2) is 9.18 Å². The molecule has 0 atom stereocenters. The van der Waals surface area contributed by atoms with Gasteiger partial charge in [0.2, 0.25) is 0 Å². The zero-order valence-corrected chi connectivity index (χ0v) is 10.2. The molecule has 1 aromatic heterocycles. The third kappa shape index (κ3) is 2.19. The van der Waals surface area contributed by atoms with E-state index in [1.165, 1.54) is 13.2 Å². The first kappa shape index (κ1) is 12.8. The molecule has 96 valence electrons. The first-order valence-electron chi connectivity index (χ1n) is 5.30. The number of esters is 1. The number of carbonyl (C=O) groups is 1. The van der Waals surface area contributed by atoms with Crippen LogP contribution in [0, 0.1) is 12.7 Å². The van der Waals surface area contributed by atoms with Gasteiger partial charge in [-0.15, -0.1) is 0 Å². The number of carbonyl (C=O) groups excluding carboxylic acids is 1. The maximum atomic E-state index is 13.8. The molecule has 0 bridgehead atoms. The number of aryl methyl sites for hydroxylation is 1. The van der Waals surface area contributed by atoms with Crippen molar-refractivity contribution in [1.29, 1.82) is 0 Å². The van der Waals surface area contributed by atoms with Gasteiger partial charge < -0.3 is 4.74 Å².